The first-order valence-corrected chi connectivity index (χ1v) is 6.65. The zero-order valence-electron chi connectivity index (χ0n) is 11.8. The molecule has 0 aliphatic carbocycles. The van der Waals surface area contributed by atoms with Crippen LogP contribution in [0.1, 0.15) is 27.2 Å². The van der Waals surface area contributed by atoms with Crippen molar-refractivity contribution in [2.45, 2.75) is 27.2 Å². The van der Waals surface area contributed by atoms with Gasteiger partial charge in [-0.3, -0.25) is 0 Å². The largest absolute Gasteiger partial charge is 0.494 e. The second-order valence-electron chi connectivity index (χ2n) is 3.90. The zero-order valence-corrected chi connectivity index (χ0v) is 11.8. The third-order valence-electron chi connectivity index (χ3n) is 2.35. The third kappa shape index (κ3) is 5.07. The molecule has 5 nitrogen and oxygen atoms in total. The Hall–Kier alpha value is -1.91. The van der Waals surface area contributed by atoms with Crippen LogP contribution in [0.3, 0.4) is 0 Å². The van der Waals surface area contributed by atoms with Crippen molar-refractivity contribution in [3.63, 3.8) is 0 Å². The highest BCUT2D eigenvalue weighted by Gasteiger charge is 2.09. The second-order valence-corrected chi connectivity index (χ2v) is 3.90. The molecule has 5 heteroatoms. The number of rotatable bonds is 7. The van der Waals surface area contributed by atoms with Crippen LogP contribution in [0.5, 0.6) is 11.5 Å². The number of urea groups is 1. The normalized spacial score (nSPS) is 9.84. The van der Waals surface area contributed by atoms with Gasteiger partial charge in [0.05, 0.1) is 18.9 Å². The molecule has 2 N–H and O–H groups in total. The number of ether oxygens (including phenoxy) is 2. The summed E-state index contributed by atoms with van der Waals surface area (Å²) in [7, 11) is 0. The van der Waals surface area contributed by atoms with E-state index in [1.54, 1.807) is 12.1 Å². The molecule has 0 aliphatic rings. The molecular formula is C14H22N2O3. The minimum atomic E-state index is -0.239. The van der Waals surface area contributed by atoms with E-state index in [1.165, 1.54) is 0 Å². The Bertz CT molecular complexity index is 408. The van der Waals surface area contributed by atoms with Gasteiger partial charge < -0.3 is 20.1 Å². The van der Waals surface area contributed by atoms with Crippen molar-refractivity contribution >= 4 is 11.7 Å². The highest BCUT2D eigenvalue weighted by molar-refractivity contribution is 5.91. The van der Waals surface area contributed by atoms with Crippen LogP contribution in [-0.4, -0.2) is 25.8 Å². The molecule has 0 fully saturated rings. The van der Waals surface area contributed by atoms with Gasteiger partial charge in [-0.2, -0.15) is 0 Å². The maximum Gasteiger partial charge on any atom is 0.319 e. The van der Waals surface area contributed by atoms with Crippen molar-refractivity contribution < 1.29 is 14.3 Å². The molecule has 0 aromatic heterocycles. The van der Waals surface area contributed by atoms with Crippen molar-refractivity contribution in [2.24, 2.45) is 0 Å². The van der Waals surface area contributed by atoms with Gasteiger partial charge in [-0.05, 0) is 32.4 Å². The van der Waals surface area contributed by atoms with E-state index < -0.39 is 0 Å². The van der Waals surface area contributed by atoms with Crippen molar-refractivity contribution in [1.29, 1.82) is 0 Å². The van der Waals surface area contributed by atoms with Crippen LogP contribution in [0.25, 0.3) is 0 Å². The number of carbonyl (C=O) groups excluding carboxylic acids is 1. The summed E-state index contributed by atoms with van der Waals surface area (Å²) in [6.45, 7) is 7.58. The maximum absolute atomic E-state index is 11.7. The number of benzene rings is 1. The molecule has 0 saturated carbocycles. The topological polar surface area (TPSA) is 59.6 Å². The van der Waals surface area contributed by atoms with Gasteiger partial charge in [0.2, 0.25) is 0 Å². The lowest BCUT2D eigenvalue weighted by atomic mass is 10.2. The van der Waals surface area contributed by atoms with Crippen molar-refractivity contribution in [1.82, 2.24) is 5.32 Å². The molecule has 0 bridgehead atoms. The van der Waals surface area contributed by atoms with E-state index in [-0.39, 0.29) is 6.03 Å². The number of anilines is 1. The molecule has 1 rings (SSSR count). The van der Waals surface area contributed by atoms with Crippen LogP contribution in [0, 0.1) is 0 Å². The quantitative estimate of drug-likeness (QED) is 0.797. The molecule has 0 saturated heterocycles. The minimum absolute atomic E-state index is 0.239. The Morgan fingerprint density at radius 1 is 1.16 bits per heavy atom. The molecule has 0 heterocycles. The molecule has 0 aliphatic heterocycles. The highest BCUT2D eigenvalue weighted by Crippen LogP contribution is 2.29. The zero-order chi connectivity index (χ0) is 14.1. The first kappa shape index (κ1) is 15.1. The number of nitrogens with one attached hydrogen (secondary N) is 2. The predicted molar refractivity (Wildman–Crippen MR) is 76.1 cm³/mol. The summed E-state index contributed by atoms with van der Waals surface area (Å²) < 4.78 is 10.9. The lowest BCUT2D eigenvalue weighted by Gasteiger charge is -2.13. The molecule has 0 atom stereocenters. The van der Waals surface area contributed by atoms with Crippen molar-refractivity contribution in [3.05, 3.63) is 18.2 Å². The van der Waals surface area contributed by atoms with Gasteiger partial charge in [0.1, 0.15) is 11.5 Å². The van der Waals surface area contributed by atoms with Crippen LogP contribution >= 0.6 is 0 Å². The Kier molecular flexibility index (Phi) is 6.57. The van der Waals surface area contributed by atoms with Crippen LogP contribution in [0.2, 0.25) is 0 Å². The van der Waals surface area contributed by atoms with Crippen LogP contribution in [0.4, 0.5) is 10.5 Å². The van der Waals surface area contributed by atoms with Gasteiger partial charge in [0.15, 0.2) is 0 Å². The van der Waals surface area contributed by atoms with Crippen LogP contribution in [-0.2, 0) is 0 Å². The van der Waals surface area contributed by atoms with E-state index in [2.05, 4.69) is 10.6 Å². The first-order chi connectivity index (χ1) is 9.21. The molecule has 0 radical (unpaired) electrons. The van der Waals surface area contributed by atoms with Crippen molar-refractivity contribution in [3.8, 4) is 11.5 Å². The van der Waals surface area contributed by atoms with Gasteiger partial charge in [-0.15, -0.1) is 0 Å². The Labute approximate surface area is 114 Å². The van der Waals surface area contributed by atoms with Crippen LogP contribution < -0.4 is 20.1 Å². The fourth-order valence-corrected chi connectivity index (χ4v) is 1.55. The van der Waals surface area contributed by atoms with Gasteiger partial charge in [0, 0.05) is 12.6 Å². The summed E-state index contributed by atoms with van der Waals surface area (Å²) in [6, 6.07) is 5.14. The van der Waals surface area contributed by atoms with E-state index in [0.717, 1.165) is 6.42 Å². The summed E-state index contributed by atoms with van der Waals surface area (Å²) >= 11 is 0. The molecular weight excluding hydrogens is 244 g/mol. The van der Waals surface area contributed by atoms with Gasteiger partial charge in [0.25, 0.3) is 0 Å². The van der Waals surface area contributed by atoms with Gasteiger partial charge in [-0.1, -0.05) is 6.92 Å². The molecule has 106 valence electrons. The van der Waals surface area contributed by atoms with Gasteiger partial charge >= 0.3 is 6.03 Å². The summed E-state index contributed by atoms with van der Waals surface area (Å²) in [5.41, 5.74) is 0.612. The van der Waals surface area contributed by atoms with E-state index >= 15 is 0 Å². The van der Waals surface area contributed by atoms with E-state index in [4.69, 9.17) is 9.47 Å². The summed E-state index contributed by atoms with van der Waals surface area (Å²) in [5, 5.41) is 5.53. The standard InChI is InChI=1S/C14H22N2O3/c1-4-9-15-14(17)16-12-10-11(18-5-2)7-8-13(12)19-6-3/h7-8,10H,4-6,9H2,1-3H3,(H2,15,16,17). The van der Waals surface area contributed by atoms with E-state index in [1.807, 2.05) is 26.8 Å². The van der Waals surface area contributed by atoms with Crippen molar-refractivity contribution in [2.75, 3.05) is 25.1 Å². The number of hydrogen-bond donors (Lipinski definition) is 2. The average molecular weight is 266 g/mol. The molecule has 0 spiro atoms. The summed E-state index contributed by atoms with van der Waals surface area (Å²) in [4.78, 5) is 11.7. The van der Waals surface area contributed by atoms with E-state index in [9.17, 15) is 4.79 Å². The Morgan fingerprint density at radius 2 is 1.89 bits per heavy atom. The first-order valence-electron chi connectivity index (χ1n) is 6.65. The Balaban J connectivity index is 2.80. The summed E-state index contributed by atoms with van der Waals surface area (Å²) in [5.74, 6) is 1.34. The smallest absolute Gasteiger partial charge is 0.319 e. The molecule has 1 aromatic carbocycles. The SMILES string of the molecule is CCCNC(=O)Nc1cc(OCC)ccc1OCC. The fraction of sp³-hybridized carbons (Fsp3) is 0.500. The van der Waals surface area contributed by atoms with Gasteiger partial charge in [-0.25, -0.2) is 4.79 Å². The monoisotopic (exact) mass is 266 g/mol. The Morgan fingerprint density at radius 3 is 2.53 bits per heavy atom. The lowest BCUT2D eigenvalue weighted by molar-refractivity contribution is 0.252. The maximum atomic E-state index is 11.7. The number of hydrogen-bond acceptors (Lipinski definition) is 3. The highest BCUT2D eigenvalue weighted by atomic mass is 16.5. The second kappa shape index (κ2) is 8.24. The number of carbonyl (C=O) groups is 1. The fourth-order valence-electron chi connectivity index (χ4n) is 1.55. The average Bonchev–Trinajstić information content (AvgIpc) is 2.40. The van der Waals surface area contributed by atoms with Crippen LogP contribution in [0.15, 0.2) is 18.2 Å². The number of amides is 2. The predicted octanol–water partition coefficient (Wildman–Crippen LogP) is 3.02. The molecule has 1 aromatic rings. The summed E-state index contributed by atoms with van der Waals surface area (Å²) in [6.07, 6.45) is 0.894. The third-order valence-corrected chi connectivity index (χ3v) is 2.35. The molecule has 19 heavy (non-hydrogen) atoms. The van der Waals surface area contributed by atoms with E-state index in [0.29, 0.717) is 36.9 Å². The minimum Gasteiger partial charge on any atom is -0.494 e. The lowest BCUT2D eigenvalue weighted by Crippen LogP contribution is -2.29. The molecule has 0 unspecified atom stereocenters. The molecule has 2 amide bonds.